The fourth-order valence-electron chi connectivity index (χ4n) is 1.49. The van der Waals surface area contributed by atoms with E-state index in [4.69, 9.17) is 16.1 Å². The molecule has 0 spiro atoms. The molecule has 0 radical (unpaired) electrons. The predicted octanol–water partition coefficient (Wildman–Crippen LogP) is 1.82. The fourth-order valence-corrected chi connectivity index (χ4v) is 2.04. The van der Waals surface area contributed by atoms with Crippen LogP contribution in [0, 0.1) is 0 Å². The SMILES string of the molecule is CN(CCc1noc(-c2ccc(Cl)cc2)n1)S(C)(=O)=O. The maximum Gasteiger partial charge on any atom is 0.257 e. The summed E-state index contributed by atoms with van der Waals surface area (Å²) in [6.07, 6.45) is 1.54. The summed E-state index contributed by atoms with van der Waals surface area (Å²) in [5, 5.41) is 4.46. The second-order valence-electron chi connectivity index (χ2n) is 4.36. The van der Waals surface area contributed by atoms with Crippen LogP contribution in [0.4, 0.5) is 0 Å². The quantitative estimate of drug-likeness (QED) is 0.841. The maximum absolute atomic E-state index is 11.3. The highest BCUT2D eigenvalue weighted by Crippen LogP contribution is 2.19. The Bertz CT molecular complexity index is 682. The van der Waals surface area contributed by atoms with E-state index in [1.54, 1.807) is 24.3 Å². The summed E-state index contributed by atoms with van der Waals surface area (Å²) in [7, 11) is -1.68. The minimum Gasteiger partial charge on any atom is -0.334 e. The lowest BCUT2D eigenvalue weighted by atomic mass is 10.2. The number of hydrogen-bond donors (Lipinski definition) is 0. The Labute approximate surface area is 122 Å². The summed E-state index contributed by atoms with van der Waals surface area (Å²) < 4.78 is 28.9. The molecule has 0 aliphatic rings. The number of rotatable bonds is 5. The van der Waals surface area contributed by atoms with E-state index in [2.05, 4.69) is 10.1 Å². The molecule has 1 aromatic carbocycles. The zero-order valence-corrected chi connectivity index (χ0v) is 12.6. The second kappa shape index (κ2) is 5.90. The summed E-state index contributed by atoms with van der Waals surface area (Å²) in [4.78, 5) is 4.22. The van der Waals surface area contributed by atoms with Crippen LogP contribution >= 0.6 is 11.6 Å². The van der Waals surface area contributed by atoms with Gasteiger partial charge in [0.1, 0.15) is 0 Å². The lowest BCUT2D eigenvalue weighted by Gasteiger charge is -2.11. The van der Waals surface area contributed by atoms with Gasteiger partial charge < -0.3 is 4.52 Å². The van der Waals surface area contributed by atoms with Crippen LogP contribution in [-0.4, -0.2) is 42.7 Å². The van der Waals surface area contributed by atoms with Gasteiger partial charge in [0, 0.05) is 30.6 Å². The third kappa shape index (κ3) is 3.78. The third-order valence-electron chi connectivity index (χ3n) is 2.78. The number of likely N-dealkylation sites (N-methyl/N-ethyl adjacent to an activating group) is 1. The third-order valence-corrected chi connectivity index (χ3v) is 4.34. The topological polar surface area (TPSA) is 76.3 Å². The van der Waals surface area contributed by atoms with Crippen LogP contribution in [0.5, 0.6) is 0 Å². The number of halogens is 1. The molecule has 108 valence electrons. The molecule has 1 heterocycles. The molecule has 0 atom stereocenters. The van der Waals surface area contributed by atoms with Crippen LogP contribution in [0.3, 0.4) is 0 Å². The van der Waals surface area contributed by atoms with E-state index in [9.17, 15) is 8.42 Å². The smallest absolute Gasteiger partial charge is 0.257 e. The number of benzene rings is 1. The molecule has 0 aliphatic carbocycles. The minimum absolute atomic E-state index is 0.304. The summed E-state index contributed by atoms with van der Waals surface area (Å²) in [6, 6.07) is 7.03. The first-order valence-corrected chi connectivity index (χ1v) is 8.09. The van der Waals surface area contributed by atoms with Gasteiger partial charge in [0.15, 0.2) is 5.82 Å². The second-order valence-corrected chi connectivity index (χ2v) is 6.88. The first-order valence-electron chi connectivity index (χ1n) is 5.86. The number of sulfonamides is 1. The van der Waals surface area contributed by atoms with Gasteiger partial charge in [0.05, 0.1) is 6.26 Å². The van der Waals surface area contributed by atoms with Crippen molar-refractivity contribution in [3.05, 3.63) is 35.1 Å². The van der Waals surface area contributed by atoms with E-state index in [0.29, 0.717) is 29.7 Å². The Morgan fingerprint density at radius 3 is 2.55 bits per heavy atom. The van der Waals surface area contributed by atoms with Crippen molar-refractivity contribution in [1.29, 1.82) is 0 Å². The van der Waals surface area contributed by atoms with Gasteiger partial charge in [-0.05, 0) is 24.3 Å². The molecule has 6 nitrogen and oxygen atoms in total. The highest BCUT2D eigenvalue weighted by Gasteiger charge is 2.13. The maximum atomic E-state index is 11.3. The molecule has 0 bridgehead atoms. The minimum atomic E-state index is -3.19. The molecule has 20 heavy (non-hydrogen) atoms. The molecule has 0 aliphatic heterocycles. The number of hydrogen-bond acceptors (Lipinski definition) is 5. The normalized spacial score (nSPS) is 12.0. The van der Waals surface area contributed by atoms with Crippen LogP contribution in [0.25, 0.3) is 11.5 Å². The van der Waals surface area contributed by atoms with Crippen molar-refractivity contribution in [1.82, 2.24) is 14.4 Å². The van der Waals surface area contributed by atoms with Crippen molar-refractivity contribution in [2.45, 2.75) is 6.42 Å². The standard InChI is InChI=1S/C12H14ClN3O3S/c1-16(20(2,17)18)8-7-11-14-12(19-15-11)9-3-5-10(13)6-4-9/h3-6H,7-8H2,1-2H3. The fraction of sp³-hybridized carbons (Fsp3) is 0.333. The van der Waals surface area contributed by atoms with E-state index in [1.807, 2.05) is 0 Å². The van der Waals surface area contributed by atoms with Crippen LogP contribution in [0.2, 0.25) is 5.02 Å². The van der Waals surface area contributed by atoms with E-state index < -0.39 is 10.0 Å². The van der Waals surface area contributed by atoms with E-state index in [-0.39, 0.29) is 0 Å². The van der Waals surface area contributed by atoms with Crippen molar-refractivity contribution in [3.8, 4) is 11.5 Å². The van der Waals surface area contributed by atoms with Gasteiger partial charge >= 0.3 is 0 Å². The number of nitrogens with zero attached hydrogens (tertiary/aromatic N) is 3. The summed E-state index contributed by atoms with van der Waals surface area (Å²) in [5.41, 5.74) is 0.768. The molecule has 0 fully saturated rings. The van der Waals surface area contributed by atoms with Gasteiger partial charge in [0.25, 0.3) is 5.89 Å². The Morgan fingerprint density at radius 2 is 1.95 bits per heavy atom. The zero-order valence-electron chi connectivity index (χ0n) is 11.1. The molecule has 0 saturated heterocycles. The molecule has 1 aromatic heterocycles. The summed E-state index contributed by atoms with van der Waals surface area (Å²) >= 11 is 5.80. The van der Waals surface area contributed by atoms with Gasteiger partial charge in [-0.25, -0.2) is 12.7 Å². The first kappa shape index (κ1) is 15.0. The van der Waals surface area contributed by atoms with Gasteiger partial charge in [-0.3, -0.25) is 0 Å². The molecule has 0 unspecified atom stereocenters. The van der Waals surface area contributed by atoms with Crippen molar-refractivity contribution >= 4 is 21.6 Å². The molecular formula is C12H14ClN3O3S. The Kier molecular flexibility index (Phi) is 4.42. The zero-order chi connectivity index (χ0) is 14.8. The molecule has 0 N–H and O–H groups in total. The molecule has 0 saturated carbocycles. The van der Waals surface area contributed by atoms with Crippen molar-refractivity contribution in [2.24, 2.45) is 0 Å². The predicted molar refractivity (Wildman–Crippen MR) is 75.9 cm³/mol. The molecule has 0 amide bonds. The van der Waals surface area contributed by atoms with E-state index in [0.717, 1.165) is 11.8 Å². The monoisotopic (exact) mass is 315 g/mol. The average Bonchev–Trinajstić information content (AvgIpc) is 2.84. The van der Waals surface area contributed by atoms with E-state index in [1.165, 1.54) is 11.4 Å². The van der Waals surface area contributed by atoms with Gasteiger partial charge in [-0.1, -0.05) is 16.8 Å². The first-order chi connectivity index (χ1) is 9.36. The van der Waals surface area contributed by atoms with Crippen molar-refractivity contribution in [3.63, 3.8) is 0 Å². The van der Waals surface area contributed by atoms with Gasteiger partial charge in [0.2, 0.25) is 10.0 Å². The van der Waals surface area contributed by atoms with Crippen LogP contribution in [0.1, 0.15) is 5.82 Å². The lowest BCUT2D eigenvalue weighted by Crippen LogP contribution is -2.27. The Balaban J connectivity index is 2.04. The van der Waals surface area contributed by atoms with Crippen LogP contribution in [0.15, 0.2) is 28.8 Å². The summed E-state index contributed by atoms with van der Waals surface area (Å²) in [6.45, 7) is 0.304. The number of aromatic nitrogens is 2. The van der Waals surface area contributed by atoms with Crippen LogP contribution < -0.4 is 0 Å². The van der Waals surface area contributed by atoms with Crippen molar-refractivity contribution in [2.75, 3.05) is 19.8 Å². The lowest BCUT2D eigenvalue weighted by molar-refractivity contribution is 0.416. The Morgan fingerprint density at radius 1 is 1.30 bits per heavy atom. The molecule has 2 rings (SSSR count). The highest BCUT2D eigenvalue weighted by atomic mass is 35.5. The van der Waals surface area contributed by atoms with Crippen molar-refractivity contribution < 1.29 is 12.9 Å². The Hall–Kier alpha value is -1.44. The van der Waals surface area contributed by atoms with E-state index >= 15 is 0 Å². The molecule has 2 aromatic rings. The summed E-state index contributed by atoms with van der Waals surface area (Å²) in [5.74, 6) is 0.851. The average molecular weight is 316 g/mol. The molecule has 8 heteroatoms. The molecular weight excluding hydrogens is 302 g/mol. The van der Waals surface area contributed by atoms with Crippen LogP contribution in [-0.2, 0) is 16.4 Å². The highest BCUT2D eigenvalue weighted by molar-refractivity contribution is 7.88. The van der Waals surface area contributed by atoms with Gasteiger partial charge in [-0.15, -0.1) is 0 Å². The largest absolute Gasteiger partial charge is 0.334 e. The van der Waals surface area contributed by atoms with Gasteiger partial charge in [-0.2, -0.15) is 4.98 Å².